The zero-order valence-electron chi connectivity index (χ0n) is 17.2. The molecule has 3 heterocycles. The number of halogens is 1. The van der Waals surface area contributed by atoms with Crippen molar-refractivity contribution in [2.75, 3.05) is 13.2 Å². The summed E-state index contributed by atoms with van der Waals surface area (Å²) in [4.78, 5) is 23.6. The lowest BCUT2D eigenvalue weighted by molar-refractivity contribution is 0.0677. The maximum Gasteiger partial charge on any atom is 0.254 e. The molecule has 158 valence electrons. The fourth-order valence-electron chi connectivity index (χ4n) is 4.32. The smallest absolute Gasteiger partial charge is 0.254 e. The van der Waals surface area contributed by atoms with E-state index >= 15 is 0 Å². The Labute approximate surface area is 186 Å². The standard InChI is InChI=1S/C25H24ClN3O2/c26-23-11-18(25(31)29-9-1-2-21(29)15-30)5-6-22(23)20-10-19(13-27-14-20)17-7-8-28-24(12-17)16-3-4-16/h5-8,10-14,16,21,30H,1-4,9,15H2/t21-/m0/s1. The number of amides is 1. The number of carbonyl (C=O) groups is 1. The van der Waals surface area contributed by atoms with E-state index in [1.807, 2.05) is 24.5 Å². The van der Waals surface area contributed by atoms with Gasteiger partial charge in [0, 0.05) is 64.0 Å². The second kappa shape index (κ2) is 8.40. The summed E-state index contributed by atoms with van der Waals surface area (Å²) < 4.78 is 0. The van der Waals surface area contributed by atoms with Gasteiger partial charge in [-0.1, -0.05) is 17.7 Å². The van der Waals surface area contributed by atoms with E-state index in [0.717, 1.165) is 40.8 Å². The highest BCUT2D eigenvalue weighted by Gasteiger charge is 2.29. The number of hydrogen-bond donors (Lipinski definition) is 1. The third-order valence-electron chi connectivity index (χ3n) is 6.22. The van der Waals surface area contributed by atoms with E-state index in [0.29, 0.717) is 23.0 Å². The van der Waals surface area contributed by atoms with Gasteiger partial charge < -0.3 is 10.0 Å². The largest absolute Gasteiger partial charge is 0.394 e. The van der Waals surface area contributed by atoms with Gasteiger partial charge in [0.15, 0.2) is 0 Å². The third-order valence-corrected chi connectivity index (χ3v) is 6.54. The van der Waals surface area contributed by atoms with E-state index < -0.39 is 0 Å². The van der Waals surface area contributed by atoms with E-state index in [9.17, 15) is 9.90 Å². The number of benzene rings is 1. The number of hydrogen-bond acceptors (Lipinski definition) is 4. The molecule has 5 rings (SSSR count). The first-order valence-electron chi connectivity index (χ1n) is 10.8. The second-order valence-electron chi connectivity index (χ2n) is 8.38. The second-order valence-corrected chi connectivity index (χ2v) is 8.78. The Morgan fingerprint density at radius 3 is 2.68 bits per heavy atom. The van der Waals surface area contributed by atoms with Gasteiger partial charge >= 0.3 is 0 Å². The van der Waals surface area contributed by atoms with E-state index in [-0.39, 0.29) is 18.6 Å². The molecule has 6 heteroatoms. The van der Waals surface area contributed by atoms with Crippen LogP contribution < -0.4 is 0 Å². The monoisotopic (exact) mass is 433 g/mol. The van der Waals surface area contributed by atoms with Gasteiger partial charge in [-0.05, 0) is 61.6 Å². The van der Waals surface area contributed by atoms with Crippen LogP contribution in [0.15, 0.2) is 55.0 Å². The normalized spacial score (nSPS) is 18.4. The number of aliphatic hydroxyl groups is 1. The first-order valence-corrected chi connectivity index (χ1v) is 11.1. The molecule has 2 fully saturated rings. The minimum Gasteiger partial charge on any atom is -0.394 e. The molecule has 31 heavy (non-hydrogen) atoms. The molecule has 1 saturated heterocycles. The summed E-state index contributed by atoms with van der Waals surface area (Å²) in [6.45, 7) is 0.664. The lowest BCUT2D eigenvalue weighted by Crippen LogP contribution is -2.37. The summed E-state index contributed by atoms with van der Waals surface area (Å²) in [5.41, 5.74) is 5.54. The Hall–Kier alpha value is -2.76. The van der Waals surface area contributed by atoms with Crippen molar-refractivity contribution in [2.45, 2.75) is 37.6 Å². The van der Waals surface area contributed by atoms with Crippen molar-refractivity contribution in [3.05, 3.63) is 71.3 Å². The Kier molecular flexibility index (Phi) is 5.47. The number of carbonyl (C=O) groups excluding carboxylic acids is 1. The van der Waals surface area contributed by atoms with Gasteiger partial charge in [0.05, 0.1) is 12.6 Å². The Morgan fingerprint density at radius 1 is 1.06 bits per heavy atom. The van der Waals surface area contributed by atoms with Crippen LogP contribution in [0.3, 0.4) is 0 Å². The van der Waals surface area contributed by atoms with Gasteiger partial charge in [0.1, 0.15) is 0 Å². The predicted molar refractivity (Wildman–Crippen MR) is 121 cm³/mol. The van der Waals surface area contributed by atoms with Crippen LogP contribution in [-0.4, -0.2) is 45.1 Å². The van der Waals surface area contributed by atoms with Crippen LogP contribution in [0.25, 0.3) is 22.3 Å². The molecule has 1 saturated carbocycles. The minimum atomic E-state index is -0.104. The van der Waals surface area contributed by atoms with Crippen LogP contribution in [0.4, 0.5) is 0 Å². The van der Waals surface area contributed by atoms with Crippen molar-refractivity contribution in [2.24, 2.45) is 0 Å². The van der Waals surface area contributed by atoms with Gasteiger partial charge in [-0.15, -0.1) is 0 Å². The topological polar surface area (TPSA) is 66.3 Å². The van der Waals surface area contributed by atoms with Gasteiger partial charge in [0.2, 0.25) is 0 Å². The first-order chi connectivity index (χ1) is 15.1. The Bertz CT molecular complexity index is 1130. The maximum absolute atomic E-state index is 12.9. The molecule has 2 aliphatic rings. The summed E-state index contributed by atoms with van der Waals surface area (Å²) >= 11 is 6.60. The van der Waals surface area contributed by atoms with Gasteiger partial charge in [-0.25, -0.2) is 0 Å². The summed E-state index contributed by atoms with van der Waals surface area (Å²) in [5, 5.41) is 10.0. The molecule has 1 aliphatic heterocycles. The predicted octanol–water partition coefficient (Wildman–Crippen LogP) is 4.94. The molecule has 1 aliphatic carbocycles. The Balaban J connectivity index is 1.42. The number of nitrogens with zero attached hydrogens (tertiary/aromatic N) is 3. The van der Waals surface area contributed by atoms with Crippen molar-refractivity contribution in [1.82, 2.24) is 14.9 Å². The SMILES string of the molecule is O=C(c1ccc(-c2cncc(-c3ccnc(C4CC4)c3)c2)c(Cl)c1)N1CCC[C@H]1CO. The maximum atomic E-state index is 12.9. The molecule has 2 aromatic heterocycles. The number of aromatic nitrogens is 2. The molecule has 0 spiro atoms. The van der Waals surface area contributed by atoms with E-state index in [4.69, 9.17) is 11.6 Å². The van der Waals surface area contributed by atoms with Gasteiger partial charge in [-0.3, -0.25) is 14.8 Å². The van der Waals surface area contributed by atoms with Crippen LogP contribution >= 0.6 is 11.6 Å². The van der Waals surface area contributed by atoms with Crippen LogP contribution in [-0.2, 0) is 0 Å². The van der Waals surface area contributed by atoms with Crippen LogP contribution in [0.2, 0.25) is 5.02 Å². The summed E-state index contributed by atoms with van der Waals surface area (Å²) in [5.74, 6) is 0.512. The van der Waals surface area contributed by atoms with Crippen molar-refractivity contribution in [1.29, 1.82) is 0 Å². The number of rotatable bonds is 5. The van der Waals surface area contributed by atoms with Crippen LogP contribution in [0.5, 0.6) is 0 Å². The highest BCUT2D eigenvalue weighted by atomic mass is 35.5. The summed E-state index contributed by atoms with van der Waals surface area (Å²) in [6.07, 6.45) is 9.68. The zero-order valence-corrected chi connectivity index (χ0v) is 17.9. The molecule has 1 N–H and O–H groups in total. The molecule has 0 bridgehead atoms. The molecular formula is C25H24ClN3O2. The van der Waals surface area contributed by atoms with Gasteiger partial charge in [0.25, 0.3) is 5.91 Å². The molecular weight excluding hydrogens is 410 g/mol. The first kappa shape index (κ1) is 20.2. The Morgan fingerprint density at radius 2 is 1.90 bits per heavy atom. The number of aliphatic hydroxyl groups excluding tert-OH is 1. The molecule has 3 aromatic rings. The van der Waals surface area contributed by atoms with E-state index in [2.05, 4.69) is 22.1 Å². The van der Waals surface area contributed by atoms with Crippen molar-refractivity contribution in [3.63, 3.8) is 0 Å². The lowest BCUT2D eigenvalue weighted by Gasteiger charge is -2.23. The van der Waals surface area contributed by atoms with Crippen molar-refractivity contribution in [3.8, 4) is 22.3 Å². The molecule has 1 amide bonds. The van der Waals surface area contributed by atoms with E-state index in [1.165, 1.54) is 12.8 Å². The molecule has 0 unspecified atom stereocenters. The molecule has 5 nitrogen and oxygen atoms in total. The van der Waals surface area contributed by atoms with Crippen molar-refractivity contribution < 1.29 is 9.90 Å². The average molecular weight is 434 g/mol. The fourth-order valence-corrected chi connectivity index (χ4v) is 4.61. The summed E-state index contributed by atoms with van der Waals surface area (Å²) in [6, 6.07) is 11.5. The lowest BCUT2D eigenvalue weighted by atomic mass is 10.0. The number of likely N-dealkylation sites (tertiary alicyclic amines) is 1. The highest BCUT2D eigenvalue weighted by Crippen LogP contribution is 2.40. The molecule has 1 atom stereocenters. The quantitative estimate of drug-likeness (QED) is 0.619. The highest BCUT2D eigenvalue weighted by molar-refractivity contribution is 6.33. The third kappa shape index (κ3) is 4.08. The fraction of sp³-hybridized carbons (Fsp3) is 0.320. The van der Waals surface area contributed by atoms with E-state index in [1.54, 1.807) is 23.2 Å². The van der Waals surface area contributed by atoms with Crippen LogP contribution in [0.1, 0.15) is 47.7 Å². The molecule has 0 radical (unpaired) electrons. The van der Waals surface area contributed by atoms with Crippen LogP contribution in [0, 0.1) is 0 Å². The minimum absolute atomic E-state index is 0.00646. The average Bonchev–Trinajstić information content (AvgIpc) is 3.55. The number of pyridine rings is 2. The summed E-state index contributed by atoms with van der Waals surface area (Å²) in [7, 11) is 0. The van der Waals surface area contributed by atoms with Crippen molar-refractivity contribution >= 4 is 17.5 Å². The molecule has 1 aromatic carbocycles. The zero-order chi connectivity index (χ0) is 21.4. The van der Waals surface area contributed by atoms with Gasteiger partial charge in [-0.2, -0.15) is 0 Å².